The van der Waals surface area contributed by atoms with Gasteiger partial charge in [0.2, 0.25) is 5.95 Å². The molecule has 0 saturated carbocycles. The minimum Gasteiger partial charge on any atom is -0.350 e. The normalized spacial score (nSPS) is 11.7. The molecule has 0 bridgehead atoms. The Morgan fingerprint density at radius 3 is 2.72 bits per heavy atom. The highest BCUT2D eigenvalue weighted by Gasteiger charge is 2.16. The van der Waals surface area contributed by atoms with Crippen LogP contribution in [0.3, 0.4) is 0 Å². The maximum absolute atomic E-state index is 13.9. The van der Waals surface area contributed by atoms with Crippen molar-refractivity contribution in [1.29, 1.82) is 5.26 Å². The fraction of sp³-hybridized carbons (Fsp3) is 0.217. The molecule has 1 heterocycles. The molecule has 9 heteroatoms. The van der Waals surface area contributed by atoms with Gasteiger partial charge in [0.15, 0.2) is 5.82 Å². The summed E-state index contributed by atoms with van der Waals surface area (Å²) in [6.45, 7) is 5.86. The second kappa shape index (κ2) is 9.62. The van der Waals surface area contributed by atoms with Gasteiger partial charge < -0.3 is 10.6 Å². The highest BCUT2D eigenvalue weighted by Crippen LogP contribution is 2.23. The van der Waals surface area contributed by atoms with E-state index in [4.69, 9.17) is 11.6 Å². The van der Waals surface area contributed by atoms with E-state index >= 15 is 0 Å². The smallest absolute Gasteiger partial charge is 0.265 e. The summed E-state index contributed by atoms with van der Waals surface area (Å²) in [6.07, 6.45) is 1.63. The fourth-order valence-corrected chi connectivity index (χ4v) is 3.09. The van der Waals surface area contributed by atoms with Crippen molar-refractivity contribution in [2.45, 2.75) is 27.3 Å². The Morgan fingerprint density at radius 1 is 1.28 bits per heavy atom. The molecule has 0 aliphatic rings. The molecule has 0 saturated heterocycles. The Balaban J connectivity index is 1.72. The predicted molar refractivity (Wildman–Crippen MR) is 122 cm³/mol. The Kier molecular flexibility index (Phi) is 6.91. The molecule has 0 aliphatic carbocycles. The second-order valence-electron chi connectivity index (χ2n) is 8.13. The van der Waals surface area contributed by atoms with Crippen LogP contribution in [-0.2, 0) is 11.3 Å². The third kappa shape index (κ3) is 5.93. The molecular formula is C23H22ClFN6O. The minimum absolute atomic E-state index is 0.0408. The van der Waals surface area contributed by atoms with Crippen molar-refractivity contribution in [1.82, 2.24) is 15.2 Å². The van der Waals surface area contributed by atoms with E-state index in [1.807, 2.05) is 26.8 Å². The van der Waals surface area contributed by atoms with Gasteiger partial charge in [0, 0.05) is 28.4 Å². The van der Waals surface area contributed by atoms with Crippen molar-refractivity contribution in [2.24, 2.45) is 5.41 Å². The Labute approximate surface area is 190 Å². The molecule has 164 valence electrons. The topological polar surface area (TPSA) is 106 Å². The van der Waals surface area contributed by atoms with Crippen molar-refractivity contribution < 1.29 is 9.18 Å². The van der Waals surface area contributed by atoms with Crippen LogP contribution in [0.1, 0.15) is 26.3 Å². The van der Waals surface area contributed by atoms with E-state index in [2.05, 4.69) is 25.8 Å². The Hall–Kier alpha value is -3.70. The predicted octanol–water partition coefficient (Wildman–Crippen LogP) is 5.31. The highest BCUT2D eigenvalue weighted by atomic mass is 35.5. The summed E-state index contributed by atoms with van der Waals surface area (Å²) in [5, 5.41) is 22.2. The molecule has 0 radical (unpaired) electrons. The van der Waals surface area contributed by atoms with Gasteiger partial charge in [-0.3, -0.25) is 4.79 Å². The number of hydrogen-bond donors (Lipinski definition) is 3. The van der Waals surface area contributed by atoms with Gasteiger partial charge in [-0.2, -0.15) is 15.3 Å². The summed E-state index contributed by atoms with van der Waals surface area (Å²) >= 11 is 6.04. The largest absolute Gasteiger partial charge is 0.350 e. The zero-order valence-corrected chi connectivity index (χ0v) is 18.6. The number of carbonyl (C=O) groups is 1. The summed E-state index contributed by atoms with van der Waals surface area (Å²) < 4.78 is 13.9. The number of H-pyrrole nitrogens is 1. The number of carbonyl (C=O) groups excluding carboxylic acids is 1. The van der Waals surface area contributed by atoms with Gasteiger partial charge in [0.1, 0.15) is 17.5 Å². The number of nitrogens with zero attached hydrogens (tertiary/aromatic N) is 3. The first-order valence-electron chi connectivity index (χ1n) is 9.80. The highest BCUT2D eigenvalue weighted by molar-refractivity contribution is 6.31. The van der Waals surface area contributed by atoms with Crippen LogP contribution in [0.4, 0.5) is 16.0 Å². The van der Waals surface area contributed by atoms with E-state index in [1.165, 1.54) is 12.1 Å². The lowest BCUT2D eigenvalue weighted by molar-refractivity contribution is -0.112. The molecule has 1 aromatic heterocycles. The number of aromatic amines is 1. The molecule has 0 spiro atoms. The summed E-state index contributed by atoms with van der Waals surface area (Å²) in [6, 6.07) is 13.4. The molecule has 1 amide bonds. The quantitative estimate of drug-likeness (QED) is 0.347. The SMILES string of the molecule is CC(C)(C)/C=C(\C#N)C(=O)Nc1cccc(-c2n[nH]c(NCc3c(F)cccc3Cl)n2)c1. The van der Waals surface area contributed by atoms with Crippen LogP contribution < -0.4 is 10.6 Å². The van der Waals surface area contributed by atoms with Crippen molar-refractivity contribution in [2.75, 3.05) is 10.6 Å². The average molecular weight is 453 g/mol. The van der Waals surface area contributed by atoms with Gasteiger partial charge >= 0.3 is 0 Å². The molecule has 2 aromatic carbocycles. The number of hydrogen-bond acceptors (Lipinski definition) is 5. The maximum atomic E-state index is 13.9. The molecule has 7 nitrogen and oxygen atoms in total. The number of halogens is 2. The molecule has 32 heavy (non-hydrogen) atoms. The number of amides is 1. The summed E-state index contributed by atoms with van der Waals surface area (Å²) in [7, 11) is 0. The van der Waals surface area contributed by atoms with E-state index in [0.29, 0.717) is 33.6 Å². The number of benzene rings is 2. The number of allylic oxidation sites excluding steroid dienone is 1. The van der Waals surface area contributed by atoms with Crippen LogP contribution >= 0.6 is 11.6 Å². The monoisotopic (exact) mass is 452 g/mol. The van der Waals surface area contributed by atoms with Crippen LogP contribution in [0.15, 0.2) is 54.1 Å². The minimum atomic E-state index is -0.487. The number of rotatable bonds is 6. The zero-order valence-electron chi connectivity index (χ0n) is 17.8. The first-order chi connectivity index (χ1) is 15.2. The van der Waals surface area contributed by atoms with Crippen LogP contribution in [0.25, 0.3) is 11.4 Å². The van der Waals surface area contributed by atoms with Gasteiger partial charge in [-0.1, -0.05) is 56.6 Å². The van der Waals surface area contributed by atoms with Crippen molar-refractivity contribution >= 4 is 29.1 Å². The first kappa shape index (κ1) is 23.0. The Morgan fingerprint density at radius 2 is 2.03 bits per heavy atom. The zero-order chi connectivity index (χ0) is 23.3. The van der Waals surface area contributed by atoms with Crippen LogP contribution in [0.5, 0.6) is 0 Å². The van der Waals surface area contributed by atoms with Gasteiger partial charge in [0.05, 0.1) is 0 Å². The Bertz CT molecular complexity index is 1190. The molecular weight excluding hydrogens is 431 g/mol. The third-order valence-corrected chi connectivity index (χ3v) is 4.65. The van der Waals surface area contributed by atoms with E-state index < -0.39 is 11.7 Å². The van der Waals surface area contributed by atoms with E-state index in [9.17, 15) is 14.4 Å². The van der Waals surface area contributed by atoms with E-state index in [-0.39, 0.29) is 17.5 Å². The molecule has 3 rings (SSSR count). The molecule has 0 fully saturated rings. The summed E-state index contributed by atoms with van der Waals surface area (Å²) in [5.74, 6) is -0.174. The second-order valence-corrected chi connectivity index (χ2v) is 8.54. The van der Waals surface area contributed by atoms with Gasteiger partial charge in [-0.15, -0.1) is 0 Å². The molecule has 0 unspecified atom stereocenters. The molecule has 3 N–H and O–H groups in total. The van der Waals surface area contributed by atoms with Crippen LogP contribution in [0.2, 0.25) is 5.02 Å². The van der Waals surface area contributed by atoms with Crippen LogP contribution in [-0.4, -0.2) is 21.1 Å². The summed E-state index contributed by atoms with van der Waals surface area (Å²) in [5.41, 5.74) is 1.21. The van der Waals surface area contributed by atoms with E-state index in [1.54, 1.807) is 36.4 Å². The maximum Gasteiger partial charge on any atom is 0.265 e. The lowest BCUT2D eigenvalue weighted by Gasteiger charge is -2.13. The fourth-order valence-electron chi connectivity index (χ4n) is 2.86. The number of anilines is 2. The lowest BCUT2D eigenvalue weighted by Crippen LogP contribution is -2.16. The van der Waals surface area contributed by atoms with Crippen molar-refractivity contribution in [3.63, 3.8) is 0 Å². The van der Waals surface area contributed by atoms with Gasteiger partial charge in [-0.05, 0) is 29.7 Å². The van der Waals surface area contributed by atoms with Gasteiger partial charge in [-0.25, -0.2) is 9.49 Å². The first-order valence-corrected chi connectivity index (χ1v) is 10.2. The number of nitrogens with one attached hydrogen (secondary N) is 3. The third-order valence-electron chi connectivity index (χ3n) is 4.30. The number of nitriles is 1. The van der Waals surface area contributed by atoms with Gasteiger partial charge in [0.25, 0.3) is 5.91 Å². The number of aromatic nitrogens is 3. The lowest BCUT2D eigenvalue weighted by atomic mass is 9.93. The molecule has 0 aliphatic heterocycles. The molecule has 3 aromatic rings. The van der Waals surface area contributed by atoms with Crippen molar-refractivity contribution in [3.8, 4) is 17.5 Å². The average Bonchev–Trinajstić information content (AvgIpc) is 3.20. The van der Waals surface area contributed by atoms with Crippen molar-refractivity contribution in [3.05, 3.63) is 70.5 Å². The molecule has 0 atom stereocenters. The van der Waals surface area contributed by atoms with E-state index in [0.717, 1.165) is 0 Å². The summed E-state index contributed by atoms with van der Waals surface area (Å²) in [4.78, 5) is 16.8. The van der Waals surface area contributed by atoms with Crippen LogP contribution in [0, 0.1) is 22.6 Å². The standard InChI is InChI=1S/C23H22ClFN6O/c1-23(2,3)11-15(12-26)21(32)28-16-7-4-6-14(10-16)20-29-22(31-30-20)27-13-17-18(24)8-5-9-19(17)25/h4-11H,13H2,1-3H3,(H,28,32)(H2,27,29,30,31)/b15-11+.